The van der Waals surface area contributed by atoms with Gasteiger partial charge in [-0.3, -0.25) is 4.79 Å². The lowest BCUT2D eigenvalue weighted by Crippen LogP contribution is -2.45. The number of amides is 1. The molecule has 0 aromatic heterocycles. The molecule has 2 N–H and O–H groups in total. The number of alkyl halides is 3. The summed E-state index contributed by atoms with van der Waals surface area (Å²) in [7, 11) is -14.8. The Hall–Kier alpha value is -2.39. The number of carbonyl (C=O) groups is 1. The van der Waals surface area contributed by atoms with Crippen molar-refractivity contribution >= 4 is 31.7 Å². The van der Waals surface area contributed by atoms with Crippen LogP contribution in [0.1, 0.15) is 12.5 Å². The number of halogens is 8. The summed E-state index contributed by atoms with van der Waals surface area (Å²) in [5.41, 5.74) is -4.98. The topological polar surface area (TPSA) is 83.5 Å². The fourth-order valence-electron chi connectivity index (χ4n) is 2.46. The standard InChI is InChI=1S/C17H15F8NO4S2/c1-16(28,10-31(29,30)13-6-2-4-11(8-13)17(18,19)20)15(27)26-12-5-3-7-14(9-12)32(21,22,23,24)25/h2-9,28H,10H2,1H3,(H,26,27). The summed E-state index contributed by atoms with van der Waals surface area (Å²) in [6, 6.07) is 3.74. The number of rotatable bonds is 6. The number of hydrogen-bond acceptors (Lipinski definition) is 4. The first kappa shape index (κ1) is 25.9. The minimum absolute atomic E-state index is 0.0629. The predicted octanol–water partition coefficient (Wildman–Crippen LogP) is 5.53. The first-order valence-electron chi connectivity index (χ1n) is 8.29. The Balaban J connectivity index is 2.29. The maximum Gasteiger partial charge on any atom is 0.416 e. The van der Waals surface area contributed by atoms with Crippen molar-refractivity contribution in [3.63, 3.8) is 0 Å². The molecule has 2 rings (SSSR count). The molecule has 0 aliphatic carbocycles. The average Bonchev–Trinajstić information content (AvgIpc) is 2.58. The van der Waals surface area contributed by atoms with Gasteiger partial charge in [-0.1, -0.05) is 31.6 Å². The smallest absolute Gasteiger partial charge is 0.379 e. The van der Waals surface area contributed by atoms with Crippen LogP contribution in [-0.4, -0.2) is 30.8 Å². The van der Waals surface area contributed by atoms with Crippen LogP contribution in [-0.2, 0) is 20.8 Å². The fraction of sp³-hybridized carbons (Fsp3) is 0.235. The number of carbonyl (C=O) groups excluding carboxylic acids is 1. The molecule has 32 heavy (non-hydrogen) atoms. The molecule has 0 heterocycles. The first-order valence-corrected chi connectivity index (χ1v) is 11.9. The van der Waals surface area contributed by atoms with E-state index in [2.05, 4.69) is 0 Å². The van der Waals surface area contributed by atoms with Gasteiger partial charge in [-0.05, 0) is 43.3 Å². The van der Waals surface area contributed by atoms with E-state index in [0.29, 0.717) is 19.1 Å². The molecule has 0 saturated carbocycles. The largest absolute Gasteiger partial charge is 0.416 e. The minimum Gasteiger partial charge on any atom is -0.379 e. The second kappa shape index (κ2) is 7.05. The highest BCUT2D eigenvalue weighted by molar-refractivity contribution is 8.45. The van der Waals surface area contributed by atoms with Gasteiger partial charge in [0.1, 0.15) is 4.90 Å². The SMILES string of the molecule is CC(O)(CS(=O)(=O)c1cccc(C(F)(F)F)c1)C(=O)Nc1cccc(S(F)(F)(F)(F)F)c1. The molecule has 1 amide bonds. The summed E-state index contributed by atoms with van der Waals surface area (Å²) >= 11 is 0. The van der Waals surface area contributed by atoms with Crippen molar-refractivity contribution < 1.29 is 50.9 Å². The van der Waals surface area contributed by atoms with Crippen molar-refractivity contribution in [3.8, 4) is 0 Å². The molecule has 15 heteroatoms. The maximum atomic E-state index is 12.9. The van der Waals surface area contributed by atoms with E-state index < -0.39 is 64.5 Å². The molecule has 180 valence electrons. The lowest BCUT2D eigenvalue weighted by molar-refractivity contribution is -0.137. The molecule has 0 aliphatic heterocycles. The lowest BCUT2D eigenvalue weighted by Gasteiger charge is -2.40. The summed E-state index contributed by atoms with van der Waals surface area (Å²) < 4.78 is 128. The molecule has 0 spiro atoms. The molecule has 1 atom stereocenters. The van der Waals surface area contributed by atoms with Crippen LogP contribution in [0.15, 0.2) is 58.3 Å². The third-order valence-corrected chi connectivity index (χ3v) is 7.08. The zero-order valence-electron chi connectivity index (χ0n) is 15.8. The number of aliphatic hydroxyl groups is 1. The van der Waals surface area contributed by atoms with E-state index in [0.717, 1.165) is 18.2 Å². The van der Waals surface area contributed by atoms with Crippen LogP contribution in [0, 0.1) is 0 Å². The molecule has 2 aromatic rings. The quantitative estimate of drug-likeness (QED) is 0.498. The maximum absolute atomic E-state index is 12.9. The molecule has 0 bridgehead atoms. The minimum atomic E-state index is -10.1. The normalized spacial score (nSPS) is 17.1. The third-order valence-electron chi connectivity index (χ3n) is 4.02. The summed E-state index contributed by atoms with van der Waals surface area (Å²) in [6.07, 6.45) is -4.88. The number of benzene rings is 2. The Kier molecular flexibility index (Phi) is 5.70. The van der Waals surface area contributed by atoms with Gasteiger partial charge in [-0.25, -0.2) is 8.42 Å². The van der Waals surface area contributed by atoms with Crippen molar-refractivity contribution in [1.82, 2.24) is 0 Å². The van der Waals surface area contributed by atoms with Gasteiger partial charge in [0.05, 0.1) is 16.2 Å². The van der Waals surface area contributed by atoms with Crippen LogP contribution in [0.3, 0.4) is 0 Å². The number of nitrogens with one attached hydrogen (secondary N) is 1. The van der Waals surface area contributed by atoms with Crippen LogP contribution in [0.4, 0.5) is 38.3 Å². The van der Waals surface area contributed by atoms with E-state index in [1.807, 2.05) is 0 Å². The zero-order chi connectivity index (χ0) is 24.9. The molecule has 2 aromatic carbocycles. The number of sulfone groups is 1. The second-order valence-electron chi connectivity index (χ2n) is 7.01. The van der Waals surface area contributed by atoms with Crippen molar-refractivity contribution in [3.05, 3.63) is 54.1 Å². The Bertz CT molecular complexity index is 1160. The summed E-state index contributed by atoms with van der Waals surface area (Å²) in [4.78, 5) is 9.02. The molecule has 0 fully saturated rings. The monoisotopic (exact) mass is 513 g/mol. The van der Waals surface area contributed by atoms with Crippen LogP contribution in [0.2, 0.25) is 0 Å². The molecular formula is C17H15F8NO4S2. The molecule has 1 unspecified atom stereocenters. The lowest BCUT2D eigenvalue weighted by atomic mass is 10.1. The van der Waals surface area contributed by atoms with Crippen molar-refractivity contribution in [2.75, 3.05) is 11.1 Å². The summed E-state index contributed by atoms with van der Waals surface area (Å²) in [5, 5.41) is 11.9. The van der Waals surface area contributed by atoms with E-state index in [4.69, 9.17) is 0 Å². The van der Waals surface area contributed by atoms with Crippen molar-refractivity contribution in [2.45, 2.75) is 28.5 Å². The predicted molar refractivity (Wildman–Crippen MR) is 101 cm³/mol. The molecule has 5 nitrogen and oxygen atoms in total. The van der Waals surface area contributed by atoms with E-state index in [9.17, 15) is 50.9 Å². The van der Waals surface area contributed by atoms with Gasteiger partial charge in [-0.2, -0.15) is 13.2 Å². The Morgan fingerprint density at radius 3 is 2.09 bits per heavy atom. The van der Waals surface area contributed by atoms with Crippen LogP contribution in [0.25, 0.3) is 0 Å². The highest BCUT2D eigenvalue weighted by Crippen LogP contribution is 3.02. The third kappa shape index (κ3) is 6.32. The number of hydrogen-bond donors (Lipinski definition) is 2. The van der Waals surface area contributed by atoms with Crippen LogP contribution >= 0.6 is 10.2 Å². The van der Waals surface area contributed by atoms with Gasteiger partial charge in [0.25, 0.3) is 5.91 Å². The highest BCUT2D eigenvalue weighted by Gasteiger charge is 2.65. The Morgan fingerprint density at radius 1 is 1.00 bits per heavy atom. The van der Waals surface area contributed by atoms with Crippen molar-refractivity contribution in [2.24, 2.45) is 0 Å². The van der Waals surface area contributed by atoms with Crippen LogP contribution in [0.5, 0.6) is 0 Å². The summed E-state index contributed by atoms with van der Waals surface area (Å²) in [5.74, 6) is -3.04. The Labute approximate surface area is 176 Å². The van der Waals surface area contributed by atoms with Gasteiger partial charge in [0.2, 0.25) is 0 Å². The van der Waals surface area contributed by atoms with Crippen molar-refractivity contribution in [1.29, 1.82) is 0 Å². The molecular weight excluding hydrogens is 498 g/mol. The fourth-order valence-corrected chi connectivity index (χ4v) is 4.78. The second-order valence-corrected chi connectivity index (χ2v) is 11.4. The molecule has 0 saturated heterocycles. The van der Waals surface area contributed by atoms with E-state index in [1.165, 1.54) is 0 Å². The van der Waals surface area contributed by atoms with Gasteiger partial charge >= 0.3 is 16.4 Å². The molecule has 0 radical (unpaired) electrons. The van der Waals surface area contributed by atoms with Gasteiger partial charge in [-0.15, -0.1) is 0 Å². The zero-order valence-corrected chi connectivity index (χ0v) is 17.5. The van der Waals surface area contributed by atoms with Crippen LogP contribution < -0.4 is 5.32 Å². The average molecular weight is 513 g/mol. The number of anilines is 1. The molecule has 0 aliphatic rings. The Morgan fingerprint density at radius 2 is 1.56 bits per heavy atom. The van der Waals surface area contributed by atoms with E-state index in [-0.39, 0.29) is 18.2 Å². The highest BCUT2D eigenvalue weighted by atomic mass is 32.5. The van der Waals surface area contributed by atoms with Gasteiger partial charge in [0, 0.05) is 5.69 Å². The van der Waals surface area contributed by atoms with Gasteiger partial charge < -0.3 is 10.4 Å². The van der Waals surface area contributed by atoms with Gasteiger partial charge in [0.15, 0.2) is 15.4 Å². The van der Waals surface area contributed by atoms with E-state index in [1.54, 1.807) is 5.32 Å². The van der Waals surface area contributed by atoms with E-state index >= 15 is 0 Å². The summed E-state index contributed by atoms with van der Waals surface area (Å²) in [6.45, 7) is 0.641. The first-order chi connectivity index (χ1) is 14.0.